The Hall–Kier alpha value is -1.06. The minimum absolute atomic E-state index is 0.312. The first-order valence-corrected chi connectivity index (χ1v) is 8.81. The Labute approximate surface area is 161 Å². The van der Waals surface area contributed by atoms with Crippen LogP contribution in [-0.2, 0) is 0 Å². The predicted octanol–water partition coefficient (Wildman–Crippen LogP) is 4.67. The zero-order valence-electron chi connectivity index (χ0n) is 12.2. The molecule has 2 rings (SSSR count). The maximum Gasteiger partial charge on any atom is 0.197 e. The summed E-state index contributed by atoms with van der Waals surface area (Å²) in [6.07, 6.45) is 0. The quantitative estimate of drug-likeness (QED) is 0.357. The van der Waals surface area contributed by atoms with E-state index in [1.54, 1.807) is 24.1 Å². The van der Waals surface area contributed by atoms with E-state index >= 15 is 0 Å². The van der Waals surface area contributed by atoms with Gasteiger partial charge in [-0.1, -0.05) is 11.6 Å². The molecule has 0 atom stereocenters. The van der Waals surface area contributed by atoms with Crippen molar-refractivity contribution in [2.75, 3.05) is 23.9 Å². The first kappa shape index (κ1) is 18.3. The Morgan fingerprint density at radius 3 is 2.78 bits per heavy atom. The van der Waals surface area contributed by atoms with E-state index in [1.165, 1.54) is 12.1 Å². The molecule has 8 heteroatoms. The van der Waals surface area contributed by atoms with Crippen LogP contribution in [0.25, 0.3) is 0 Å². The molecule has 0 bridgehead atoms. The predicted molar refractivity (Wildman–Crippen MR) is 107 cm³/mol. The summed E-state index contributed by atoms with van der Waals surface area (Å²) in [4.78, 5) is 5.96. The summed E-state index contributed by atoms with van der Waals surface area (Å²) in [7, 11) is 1.77. The number of benzene rings is 2. The van der Waals surface area contributed by atoms with E-state index in [1.807, 2.05) is 12.1 Å². The monoisotopic (exact) mass is 510 g/mol. The van der Waals surface area contributed by atoms with Crippen molar-refractivity contribution in [3.05, 3.63) is 55.3 Å². The second-order valence-electron chi connectivity index (χ2n) is 4.63. The minimum atomic E-state index is -0.316. The Kier molecular flexibility index (Phi) is 6.49. The van der Waals surface area contributed by atoms with Gasteiger partial charge in [-0.3, -0.25) is 0 Å². The van der Waals surface area contributed by atoms with Crippen molar-refractivity contribution in [3.63, 3.8) is 0 Å². The van der Waals surface area contributed by atoms with Crippen LogP contribution in [0.4, 0.5) is 15.8 Å². The maximum atomic E-state index is 13.1. The number of hydrogen-bond donors (Lipinski definition) is 2. The highest BCUT2D eigenvalue weighted by atomic mass is 127. The number of nitrogens with one attached hydrogen (secondary N) is 1. The number of rotatable bonds is 4. The number of hydrogen-bond acceptors (Lipinski definition) is 2. The zero-order valence-corrected chi connectivity index (χ0v) is 16.7. The maximum absolute atomic E-state index is 13.1. The van der Waals surface area contributed by atoms with Crippen molar-refractivity contribution in [1.82, 2.24) is 0 Å². The Morgan fingerprint density at radius 2 is 2.13 bits per heavy atom. The van der Waals surface area contributed by atoms with E-state index in [4.69, 9.17) is 17.3 Å². The number of anilines is 2. The van der Waals surface area contributed by atoms with Crippen LogP contribution >= 0.6 is 50.1 Å². The van der Waals surface area contributed by atoms with Gasteiger partial charge >= 0.3 is 0 Å². The SMILES string of the molecule is CN(C(N)=NCNc1ccc(Cl)cc1I)c1ccc(F)cc1Br. The van der Waals surface area contributed by atoms with Crippen LogP contribution in [0.15, 0.2) is 45.9 Å². The van der Waals surface area contributed by atoms with Gasteiger partial charge in [0.2, 0.25) is 0 Å². The topological polar surface area (TPSA) is 53.6 Å². The number of nitrogens with zero attached hydrogens (tertiary/aromatic N) is 2. The second kappa shape index (κ2) is 8.16. The Morgan fingerprint density at radius 1 is 1.39 bits per heavy atom. The van der Waals surface area contributed by atoms with Crippen molar-refractivity contribution in [3.8, 4) is 0 Å². The first-order chi connectivity index (χ1) is 10.9. The van der Waals surface area contributed by atoms with Crippen LogP contribution in [0.5, 0.6) is 0 Å². The first-order valence-electron chi connectivity index (χ1n) is 6.56. The van der Waals surface area contributed by atoms with Crippen molar-refractivity contribution in [1.29, 1.82) is 0 Å². The zero-order chi connectivity index (χ0) is 17.0. The molecule has 0 aromatic heterocycles. The van der Waals surface area contributed by atoms with Crippen LogP contribution in [0.3, 0.4) is 0 Å². The minimum Gasteiger partial charge on any atom is -0.369 e. The van der Waals surface area contributed by atoms with E-state index in [0.717, 1.165) is 14.9 Å². The van der Waals surface area contributed by atoms with E-state index in [-0.39, 0.29) is 5.82 Å². The third kappa shape index (κ3) is 4.95. The van der Waals surface area contributed by atoms with Gasteiger partial charge in [0.1, 0.15) is 12.5 Å². The van der Waals surface area contributed by atoms with Crippen LogP contribution < -0.4 is 16.0 Å². The molecule has 4 nitrogen and oxygen atoms in total. The molecule has 0 saturated carbocycles. The van der Waals surface area contributed by atoms with Crippen molar-refractivity contribution in [2.24, 2.45) is 10.7 Å². The van der Waals surface area contributed by atoms with Gasteiger partial charge in [0, 0.05) is 25.8 Å². The number of aliphatic imine (C=N–C) groups is 1. The molecule has 0 aliphatic carbocycles. The van der Waals surface area contributed by atoms with Crippen molar-refractivity contribution in [2.45, 2.75) is 0 Å². The molecule has 2 aromatic carbocycles. The van der Waals surface area contributed by atoms with Gasteiger partial charge in [0.05, 0.1) is 5.69 Å². The highest BCUT2D eigenvalue weighted by Crippen LogP contribution is 2.26. The van der Waals surface area contributed by atoms with Crippen LogP contribution in [0.2, 0.25) is 5.02 Å². The lowest BCUT2D eigenvalue weighted by atomic mass is 10.3. The normalized spacial score (nSPS) is 11.4. The molecule has 23 heavy (non-hydrogen) atoms. The summed E-state index contributed by atoms with van der Waals surface area (Å²) in [6.45, 7) is 0.312. The summed E-state index contributed by atoms with van der Waals surface area (Å²) in [5, 5.41) is 3.85. The average molecular weight is 512 g/mol. The van der Waals surface area contributed by atoms with E-state index in [2.05, 4.69) is 48.8 Å². The third-order valence-electron chi connectivity index (χ3n) is 3.06. The summed E-state index contributed by atoms with van der Waals surface area (Å²) in [6, 6.07) is 9.94. The second-order valence-corrected chi connectivity index (χ2v) is 7.08. The van der Waals surface area contributed by atoms with Gasteiger partial charge in [-0.2, -0.15) is 0 Å². The molecule has 0 unspecified atom stereocenters. The molecule has 122 valence electrons. The lowest BCUT2D eigenvalue weighted by Gasteiger charge is -2.20. The molecule has 0 radical (unpaired) electrons. The van der Waals surface area contributed by atoms with Gasteiger partial charge in [-0.15, -0.1) is 0 Å². The lowest BCUT2D eigenvalue weighted by Crippen LogP contribution is -2.34. The fourth-order valence-corrected chi connectivity index (χ4v) is 3.50. The van der Waals surface area contributed by atoms with Gasteiger partial charge < -0.3 is 16.0 Å². The summed E-state index contributed by atoms with van der Waals surface area (Å²) < 4.78 is 14.7. The van der Waals surface area contributed by atoms with Gasteiger partial charge in [-0.25, -0.2) is 9.38 Å². The molecular formula is C15H14BrClFIN4. The smallest absolute Gasteiger partial charge is 0.197 e. The average Bonchev–Trinajstić information content (AvgIpc) is 2.48. The fraction of sp³-hybridized carbons (Fsp3) is 0.133. The van der Waals surface area contributed by atoms with Crippen LogP contribution in [0, 0.1) is 9.39 Å². The third-order valence-corrected chi connectivity index (χ3v) is 4.82. The molecule has 0 fully saturated rings. The summed E-state index contributed by atoms with van der Waals surface area (Å²) >= 11 is 11.4. The molecule has 3 N–H and O–H groups in total. The highest BCUT2D eigenvalue weighted by Gasteiger charge is 2.09. The van der Waals surface area contributed by atoms with Crippen molar-refractivity contribution >= 4 is 67.5 Å². The van der Waals surface area contributed by atoms with Crippen LogP contribution in [0.1, 0.15) is 0 Å². The molecule has 0 spiro atoms. The molecule has 0 amide bonds. The molecule has 0 aliphatic rings. The number of nitrogens with two attached hydrogens (primary N) is 1. The summed E-state index contributed by atoms with van der Waals surface area (Å²) in [5.74, 6) is -0.00250. The Balaban J connectivity index is 2.04. The summed E-state index contributed by atoms with van der Waals surface area (Å²) in [5.41, 5.74) is 7.64. The molecule has 0 aliphatic heterocycles. The highest BCUT2D eigenvalue weighted by molar-refractivity contribution is 14.1. The molecular weight excluding hydrogens is 497 g/mol. The van der Waals surface area contributed by atoms with Gasteiger partial charge in [0.15, 0.2) is 5.96 Å². The van der Waals surface area contributed by atoms with Crippen molar-refractivity contribution < 1.29 is 4.39 Å². The fourth-order valence-electron chi connectivity index (χ4n) is 1.82. The Bertz CT molecular complexity index is 741. The van der Waals surface area contributed by atoms with Crippen LogP contribution in [-0.4, -0.2) is 19.7 Å². The number of guanidine groups is 1. The van der Waals surface area contributed by atoms with Gasteiger partial charge in [-0.05, 0) is 74.9 Å². The molecule has 0 heterocycles. The lowest BCUT2D eigenvalue weighted by molar-refractivity contribution is 0.627. The standard InChI is InChI=1S/C15H14BrClFIN4/c1-23(14-5-3-10(18)7-11(14)16)15(20)22-8-21-13-4-2-9(17)6-12(13)19/h2-7,21H,8H2,1H3,(H2,20,22). The molecule has 2 aromatic rings. The number of halogens is 4. The van der Waals surface area contributed by atoms with E-state index in [9.17, 15) is 4.39 Å². The van der Waals surface area contributed by atoms with Gasteiger partial charge in [0.25, 0.3) is 0 Å². The molecule has 0 saturated heterocycles. The van der Waals surface area contributed by atoms with E-state index in [0.29, 0.717) is 22.1 Å². The van der Waals surface area contributed by atoms with E-state index < -0.39 is 0 Å². The largest absolute Gasteiger partial charge is 0.369 e.